The predicted molar refractivity (Wildman–Crippen MR) is 71.1 cm³/mol. The highest BCUT2D eigenvalue weighted by molar-refractivity contribution is 7.94. The van der Waals surface area contributed by atoms with Crippen molar-refractivity contribution in [3.05, 3.63) is 34.0 Å². The lowest BCUT2D eigenvalue weighted by Gasteiger charge is -2.02. The summed E-state index contributed by atoms with van der Waals surface area (Å²) in [7, 11) is -3.62. The number of aryl methyl sites for hydroxylation is 1. The fraction of sp³-hybridized carbons (Fsp3) is 0.100. The maximum atomic E-state index is 12.0. The summed E-state index contributed by atoms with van der Waals surface area (Å²) in [4.78, 5) is 11.7. The van der Waals surface area contributed by atoms with Crippen LogP contribution in [0.3, 0.4) is 0 Å². The molecule has 0 saturated heterocycles. The molecule has 0 aliphatic heterocycles. The van der Waals surface area contributed by atoms with Crippen LogP contribution in [0.25, 0.3) is 0 Å². The van der Waals surface area contributed by atoms with E-state index in [2.05, 4.69) is 4.72 Å². The van der Waals surface area contributed by atoms with Crippen LogP contribution in [0.4, 0.5) is 5.00 Å². The van der Waals surface area contributed by atoms with Crippen molar-refractivity contribution in [2.24, 2.45) is 0 Å². The minimum Gasteiger partial charge on any atom is -0.477 e. The van der Waals surface area contributed by atoms with E-state index in [4.69, 9.17) is 5.11 Å². The molecule has 18 heavy (non-hydrogen) atoms. The number of anilines is 1. The van der Waals surface area contributed by atoms with E-state index in [-0.39, 0.29) is 9.09 Å². The molecule has 5 nitrogen and oxygen atoms in total. The molecule has 0 spiro atoms. The van der Waals surface area contributed by atoms with Gasteiger partial charge >= 0.3 is 5.97 Å². The van der Waals surface area contributed by atoms with E-state index in [1.807, 2.05) is 6.92 Å². The number of aromatic carboxylic acids is 1. The molecule has 0 unspecified atom stereocenters. The molecule has 0 amide bonds. The predicted octanol–water partition coefficient (Wildman–Crippen LogP) is 2.62. The second-order valence-corrected chi connectivity index (χ2v) is 7.72. The normalized spacial score (nSPS) is 11.4. The maximum absolute atomic E-state index is 12.0. The van der Waals surface area contributed by atoms with Crippen LogP contribution in [0, 0.1) is 6.92 Å². The second-order valence-electron chi connectivity index (χ2n) is 3.44. The number of hydrogen-bond acceptors (Lipinski definition) is 5. The Labute approximate surface area is 112 Å². The molecule has 0 aromatic carbocycles. The Morgan fingerprint density at radius 1 is 1.22 bits per heavy atom. The average Bonchev–Trinajstić information content (AvgIpc) is 2.86. The van der Waals surface area contributed by atoms with E-state index in [9.17, 15) is 13.2 Å². The van der Waals surface area contributed by atoms with Crippen molar-refractivity contribution < 1.29 is 18.3 Å². The van der Waals surface area contributed by atoms with Crippen LogP contribution in [0.5, 0.6) is 0 Å². The second kappa shape index (κ2) is 4.71. The lowest BCUT2D eigenvalue weighted by molar-refractivity contribution is 0.0702. The van der Waals surface area contributed by atoms with Gasteiger partial charge in [0.1, 0.15) is 14.1 Å². The third-order valence-electron chi connectivity index (χ3n) is 2.03. The summed E-state index contributed by atoms with van der Waals surface area (Å²) in [5.74, 6) is -1.07. The Bertz CT molecular complexity index is 684. The zero-order valence-corrected chi connectivity index (χ0v) is 11.7. The van der Waals surface area contributed by atoms with Crippen LogP contribution in [0.1, 0.15) is 14.5 Å². The van der Waals surface area contributed by atoms with Crippen molar-refractivity contribution in [1.82, 2.24) is 0 Å². The molecule has 2 aromatic rings. The van der Waals surface area contributed by atoms with E-state index in [0.29, 0.717) is 5.00 Å². The Morgan fingerprint density at radius 3 is 2.44 bits per heavy atom. The molecule has 0 atom stereocenters. The lowest BCUT2D eigenvalue weighted by Crippen LogP contribution is -2.10. The smallest absolute Gasteiger partial charge is 0.345 e. The van der Waals surface area contributed by atoms with Gasteiger partial charge in [0.05, 0.1) is 0 Å². The van der Waals surface area contributed by atoms with Crippen LogP contribution < -0.4 is 4.72 Å². The molecule has 2 aromatic heterocycles. The Kier molecular flexibility index (Phi) is 3.42. The molecule has 0 saturated carbocycles. The summed E-state index contributed by atoms with van der Waals surface area (Å²) in [6, 6.07) is 6.04. The highest BCUT2D eigenvalue weighted by Gasteiger charge is 2.18. The maximum Gasteiger partial charge on any atom is 0.345 e. The van der Waals surface area contributed by atoms with E-state index in [1.54, 1.807) is 6.07 Å². The largest absolute Gasteiger partial charge is 0.477 e. The summed E-state index contributed by atoms with van der Waals surface area (Å²) < 4.78 is 26.5. The van der Waals surface area contributed by atoms with Gasteiger partial charge in [0, 0.05) is 4.88 Å². The standard InChI is InChI=1S/C10H9NO4S3/c1-6-2-5-9(16-6)18(14,15)11-8-4-3-7(17-8)10(12)13/h2-5,11H,1H3,(H,12,13). The average molecular weight is 303 g/mol. The number of nitrogens with one attached hydrogen (secondary N) is 1. The van der Waals surface area contributed by atoms with E-state index in [1.165, 1.54) is 18.2 Å². The van der Waals surface area contributed by atoms with E-state index < -0.39 is 16.0 Å². The van der Waals surface area contributed by atoms with Crippen LogP contribution >= 0.6 is 22.7 Å². The number of hydrogen-bond donors (Lipinski definition) is 2. The minimum absolute atomic E-state index is 0.0926. The minimum atomic E-state index is -3.62. The van der Waals surface area contributed by atoms with Gasteiger partial charge in [-0.25, -0.2) is 13.2 Å². The molecule has 2 N–H and O–H groups in total. The van der Waals surface area contributed by atoms with Gasteiger partial charge in [-0.2, -0.15) is 0 Å². The first-order valence-electron chi connectivity index (χ1n) is 4.81. The fourth-order valence-corrected chi connectivity index (χ4v) is 4.57. The lowest BCUT2D eigenvalue weighted by atomic mass is 10.5. The van der Waals surface area contributed by atoms with Crippen molar-refractivity contribution in [3.8, 4) is 0 Å². The third-order valence-corrected chi connectivity index (χ3v) is 6.01. The molecule has 0 aliphatic carbocycles. The number of rotatable bonds is 4. The number of sulfonamides is 1. The Hall–Kier alpha value is -1.38. The highest BCUT2D eigenvalue weighted by Crippen LogP contribution is 2.27. The summed E-state index contributed by atoms with van der Waals surface area (Å²) in [5, 5.41) is 9.04. The molecule has 8 heteroatoms. The summed E-state index contributed by atoms with van der Waals surface area (Å²) >= 11 is 2.05. The molecule has 2 heterocycles. The zero-order chi connectivity index (χ0) is 13.3. The van der Waals surface area contributed by atoms with Gasteiger partial charge in [0.2, 0.25) is 0 Å². The van der Waals surface area contributed by atoms with Gasteiger partial charge in [0.15, 0.2) is 0 Å². The third kappa shape index (κ3) is 2.71. The number of thiophene rings is 2. The first kappa shape index (κ1) is 13.1. The fourth-order valence-electron chi connectivity index (χ4n) is 1.25. The van der Waals surface area contributed by atoms with Gasteiger partial charge in [-0.1, -0.05) is 0 Å². The number of carboxylic acid groups (broad SMARTS) is 1. The zero-order valence-electron chi connectivity index (χ0n) is 9.21. The van der Waals surface area contributed by atoms with E-state index in [0.717, 1.165) is 27.6 Å². The van der Waals surface area contributed by atoms with Crippen molar-refractivity contribution in [1.29, 1.82) is 0 Å². The molecule has 2 rings (SSSR count). The molecule has 0 radical (unpaired) electrons. The van der Waals surface area contributed by atoms with Crippen LogP contribution in [0.15, 0.2) is 28.5 Å². The summed E-state index contributed by atoms with van der Waals surface area (Å²) in [6.07, 6.45) is 0. The molecule has 0 aliphatic rings. The number of carbonyl (C=O) groups is 1. The Morgan fingerprint density at radius 2 is 1.94 bits per heavy atom. The quantitative estimate of drug-likeness (QED) is 0.909. The van der Waals surface area contributed by atoms with Crippen LogP contribution in [0.2, 0.25) is 0 Å². The topological polar surface area (TPSA) is 83.5 Å². The van der Waals surface area contributed by atoms with Crippen molar-refractivity contribution in [2.75, 3.05) is 4.72 Å². The SMILES string of the molecule is Cc1ccc(S(=O)(=O)Nc2ccc(C(=O)O)s2)s1. The van der Waals surface area contributed by atoms with Crippen LogP contribution in [-0.4, -0.2) is 19.5 Å². The molecular formula is C10H9NO4S3. The monoisotopic (exact) mass is 303 g/mol. The molecule has 0 bridgehead atoms. The van der Waals surface area contributed by atoms with Gasteiger partial charge < -0.3 is 5.11 Å². The molecule has 0 fully saturated rings. The summed E-state index contributed by atoms with van der Waals surface area (Å²) in [6.45, 7) is 1.82. The van der Waals surface area contributed by atoms with Crippen molar-refractivity contribution in [3.63, 3.8) is 0 Å². The van der Waals surface area contributed by atoms with E-state index >= 15 is 0 Å². The van der Waals surface area contributed by atoms with Gasteiger partial charge in [-0.05, 0) is 31.2 Å². The summed E-state index contributed by atoms with van der Waals surface area (Å²) in [5.41, 5.74) is 0. The van der Waals surface area contributed by atoms with Crippen molar-refractivity contribution >= 4 is 43.7 Å². The first-order chi connectivity index (χ1) is 8.38. The van der Waals surface area contributed by atoms with Crippen LogP contribution in [-0.2, 0) is 10.0 Å². The molecular weight excluding hydrogens is 294 g/mol. The Balaban J connectivity index is 2.25. The van der Waals surface area contributed by atoms with Gasteiger partial charge in [-0.3, -0.25) is 4.72 Å². The first-order valence-corrected chi connectivity index (χ1v) is 7.92. The van der Waals surface area contributed by atoms with Crippen molar-refractivity contribution in [2.45, 2.75) is 11.1 Å². The molecule has 96 valence electrons. The van der Waals surface area contributed by atoms with Gasteiger partial charge in [-0.15, -0.1) is 22.7 Å². The van der Waals surface area contributed by atoms with Gasteiger partial charge in [0.25, 0.3) is 10.0 Å². The number of carboxylic acids is 1. The highest BCUT2D eigenvalue weighted by atomic mass is 32.2.